The summed E-state index contributed by atoms with van der Waals surface area (Å²) in [6.45, 7) is 2.76. The number of rotatable bonds is 9. The molecule has 2 aromatic carbocycles. The summed E-state index contributed by atoms with van der Waals surface area (Å²) in [4.78, 5) is 23.5. The van der Waals surface area contributed by atoms with Crippen molar-refractivity contribution < 1.29 is 27.8 Å². The molecule has 4 N–H and O–H groups in total. The summed E-state index contributed by atoms with van der Waals surface area (Å²) in [7, 11) is 0. The quantitative estimate of drug-likeness (QED) is 0.320. The number of nitrogens with two attached hydrogens (primary N) is 1. The maximum atomic E-state index is 15.0. The van der Waals surface area contributed by atoms with Gasteiger partial charge in [-0.3, -0.25) is 9.69 Å². The minimum absolute atomic E-state index is 0.0420. The maximum Gasteiger partial charge on any atom is 0.284 e. The van der Waals surface area contributed by atoms with Gasteiger partial charge in [-0.2, -0.15) is 0 Å². The summed E-state index contributed by atoms with van der Waals surface area (Å²) in [5, 5.41) is 6.17. The monoisotopic (exact) mass is 586 g/mol. The standard InChI is InChI=1S/C28H29ClF2N6O4/c29-18-9-16(1-2-19(18)30)35-26-17-10-22(23(11-21(17)33-15-34-26)41-14-28(32)4-5-28)36-27(38)20(31)3-6-37-12-24-25(13-37)40-8-7-39-24/h1-3,9-11,15,24-25H,4-8,12-14,32H2,(H,36,38)(H,33,34,35)/b20-3-/t24-,25-/m0/s1. The second-order valence-electron chi connectivity index (χ2n) is 10.5. The molecule has 3 heterocycles. The second-order valence-corrected chi connectivity index (χ2v) is 10.9. The van der Waals surface area contributed by atoms with Crippen LogP contribution < -0.4 is 21.1 Å². The van der Waals surface area contributed by atoms with Crippen LogP contribution in [0.25, 0.3) is 10.9 Å². The van der Waals surface area contributed by atoms with Crippen LogP contribution in [0.15, 0.2) is 48.6 Å². The third kappa shape index (κ3) is 6.41. The van der Waals surface area contributed by atoms with E-state index in [0.29, 0.717) is 54.5 Å². The molecule has 2 aliphatic heterocycles. The molecule has 3 fully saturated rings. The van der Waals surface area contributed by atoms with Gasteiger partial charge in [-0.1, -0.05) is 11.6 Å². The van der Waals surface area contributed by atoms with Crippen LogP contribution in [0, 0.1) is 5.82 Å². The van der Waals surface area contributed by atoms with Crippen molar-refractivity contribution in [1.29, 1.82) is 0 Å². The van der Waals surface area contributed by atoms with E-state index < -0.39 is 23.1 Å². The molecule has 1 amide bonds. The number of benzene rings is 2. The lowest BCUT2D eigenvalue weighted by Crippen LogP contribution is -2.36. The number of nitrogens with zero attached hydrogens (tertiary/aromatic N) is 3. The Morgan fingerprint density at radius 1 is 1.20 bits per heavy atom. The zero-order valence-corrected chi connectivity index (χ0v) is 22.8. The Morgan fingerprint density at radius 2 is 1.95 bits per heavy atom. The van der Waals surface area contributed by atoms with E-state index in [9.17, 15) is 13.6 Å². The van der Waals surface area contributed by atoms with Gasteiger partial charge in [0.05, 0.1) is 47.2 Å². The van der Waals surface area contributed by atoms with Gasteiger partial charge in [0.25, 0.3) is 5.91 Å². The summed E-state index contributed by atoms with van der Waals surface area (Å²) < 4.78 is 46.0. The van der Waals surface area contributed by atoms with Gasteiger partial charge in [0.15, 0.2) is 5.83 Å². The third-order valence-electron chi connectivity index (χ3n) is 7.36. The van der Waals surface area contributed by atoms with Gasteiger partial charge in [0.1, 0.15) is 30.3 Å². The Labute approximate surface area is 239 Å². The first-order chi connectivity index (χ1) is 19.8. The molecule has 0 bridgehead atoms. The van der Waals surface area contributed by atoms with E-state index in [1.807, 2.05) is 4.90 Å². The number of likely N-dealkylation sites (tertiary alicyclic amines) is 1. The molecule has 2 saturated heterocycles. The molecule has 0 unspecified atom stereocenters. The first-order valence-electron chi connectivity index (χ1n) is 13.3. The van der Waals surface area contributed by atoms with Crippen molar-refractivity contribution in [3.05, 3.63) is 59.4 Å². The number of nitrogens with one attached hydrogen (secondary N) is 2. The Kier molecular flexibility index (Phi) is 7.75. The molecule has 13 heteroatoms. The molecule has 41 heavy (non-hydrogen) atoms. The normalized spacial score (nSPS) is 21.9. The molecule has 216 valence electrons. The predicted molar refractivity (Wildman–Crippen MR) is 150 cm³/mol. The average molecular weight is 587 g/mol. The molecule has 1 saturated carbocycles. The summed E-state index contributed by atoms with van der Waals surface area (Å²) in [5.74, 6) is -1.75. The SMILES string of the molecule is NC1(COc2cc3ncnc(Nc4ccc(F)c(Cl)c4)c3cc2NC(=O)/C(F)=C/CN2C[C@@H]3OCCO[C@H]3C2)CC1. The van der Waals surface area contributed by atoms with E-state index in [0.717, 1.165) is 12.8 Å². The van der Waals surface area contributed by atoms with E-state index in [-0.39, 0.29) is 36.1 Å². The summed E-state index contributed by atoms with van der Waals surface area (Å²) in [6, 6.07) is 7.40. The van der Waals surface area contributed by atoms with Gasteiger partial charge in [-0.05, 0) is 43.2 Å². The highest BCUT2D eigenvalue weighted by Crippen LogP contribution is 2.37. The van der Waals surface area contributed by atoms with Crippen LogP contribution in [-0.4, -0.2) is 78.0 Å². The summed E-state index contributed by atoms with van der Waals surface area (Å²) >= 11 is 5.93. The number of hydrogen-bond donors (Lipinski definition) is 3. The molecule has 3 aromatic rings. The van der Waals surface area contributed by atoms with E-state index in [1.165, 1.54) is 30.6 Å². The highest BCUT2D eigenvalue weighted by molar-refractivity contribution is 6.31. The number of fused-ring (bicyclic) bond motifs is 2. The number of anilines is 3. The zero-order valence-electron chi connectivity index (χ0n) is 22.0. The van der Waals surface area contributed by atoms with Gasteiger partial charge in [-0.25, -0.2) is 18.7 Å². The highest BCUT2D eigenvalue weighted by atomic mass is 35.5. The van der Waals surface area contributed by atoms with Crippen LogP contribution >= 0.6 is 11.6 Å². The molecule has 0 radical (unpaired) electrons. The topological polar surface area (TPSA) is 124 Å². The van der Waals surface area contributed by atoms with Crippen molar-refractivity contribution in [2.45, 2.75) is 30.6 Å². The minimum atomic E-state index is -0.936. The van der Waals surface area contributed by atoms with Gasteiger partial charge < -0.3 is 30.6 Å². The van der Waals surface area contributed by atoms with Gasteiger partial charge in [-0.15, -0.1) is 0 Å². The lowest BCUT2D eigenvalue weighted by Gasteiger charge is -2.24. The second kappa shape index (κ2) is 11.5. The van der Waals surface area contributed by atoms with Crippen LogP contribution in [-0.2, 0) is 14.3 Å². The van der Waals surface area contributed by atoms with E-state index in [2.05, 4.69) is 20.6 Å². The fourth-order valence-corrected chi connectivity index (χ4v) is 4.99. The summed E-state index contributed by atoms with van der Waals surface area (Å²) in [6.07, 6.45) is 4.16. The Morgan fingerprint density at radius 3 is 2.66 bits per heavy atom. The number of hydrogen-bond acceptors (Lipinski definition) is 9. The Bertz CT molecular complexity index is 1490. The van der Waals surface area contributed by atoms with E-state index in [1.54, 1.807) is 12.1 Å². The molecular weight excluding hydrogens is 558 g/mol. The van der Waals surface area contributed by atoms with E-state index >= 15 is 0 Å². The molecule has 0 spiro atoms. The molecule has 1 aliphatic carbocycles. The number of halogens is 3. The van der Waals surface area contributed by atoms with Crippen molar-refractivity contribution in [2.24, 2.45) is 5.73 Å². The molecule has 1 aromatic heterocycles. The largest absolute Gasteiger partial charge is 0.489 e. The molecule has 3 aliphatic rings. The molecule has 10 nitrogen and oxygen atoms in total. The lowest BCUT2D eigenvalue weighted by atomic mass is 10.1. The van der Waals surface area contributed by atoms with Crippen molar-refractivity contribution in [3.8, 4) is 5.75 Å². The molecule has 2 atom stereocenters. The first kappa shape index (κ1) is 27.7. The lowest BCUT2D eigenvalue weighted by molar-refractivity contribution is -0.116. The number of carbonyl (C=O) groups excluding carboxylic acids is 1. The Balaban J connectivity index is 1.23. The predicted octanol–water partition coefficient (Wildman–Crippen LogP) is 3.93. The average Bonchev–Trinajstić information content (AvgIpc) is 3.55. The van der Waals surface area contributed by atoms with Crippen LogP contribution in [0.5, 0.6) is 5.75 Å². The van der Waals surface area contributed by atoms with Crippen molar-refractivity contribution in [3.63, 3.8) is 0 Å². The van der Waals surface area contributed by atoms with Crippen molar-refractivity contribution in [2.75, 3.05) is 50.1 Å². The minimum Gasteiger partial charge on any atom is -0.489 e. The van der Waals surface area contributed by atoms with Gasteiger partial charge in [0.2, 0.25) is 0 Å². The number of amides is 1. The molecule has 6 rings (SSSR count). The fraction of sp³-hybridized carbons (Fsp3) is 0.393. The maximum absolute atomic E-state index is 15.0. The zero-order chi connectivity index (χ0) is 28.6. The van der Waals surface area contributed by atoms with Crippen molar-refractivity contribution in [1.82, 2.24) is 14.9 Å². The van der Waals surface area contributed by atoms with Crippen LogP contribution in [0.3, 0.4) is 0 Å². The van der Waals surface area contributed by atoms with Crippen molar-refractivity contribution >= 4 is 45.6 Å². The van der Waals surface area contributed by atoms with E-state index in [4.69, 9.17) is 31.5 Å². The van der Waals surface area contributed by atoms with Gasteiger partial charge >= 0.3 is 0 Å². The fourth-order valence-electron chi connectivity index (χ4n) is 4.81. The number of carbonyl (C=O) groups is 1. The Hall–Kier alpha value is -3.42. The number of ether oxygens (including phenoxy) is 3. The third-order valence-corrected chi connectivity index (χ3v) is 7.65. The molecular formula is C28H29ClF2N6O4. The van der Waals surface area contributed by atoms with Crippen LogP contribution in [0.1, 0.15) is 12.8 Å². The van der Waals surface area contributed by atoms with Crippen LogP contribution in [0.2, 0.25) is 5.02 Å². The highest BCUT2D eigenvalue weighted by Gasteiger charge is 2.39. The first-order valence-corrected chi connectivity index (χ1v) is 13.7. The van der Waals surface area contributed by atoms with Gasteiger partial charge in [0, 0.05) is 36.8 Å². The van der Waals surface area contributed by atoms with Crippen LogP contribution in [0.4, 0.5) is 26.0 Å². The smallest absolute Gasteiger partial charge is 0.284 e. The number of aromatic nitrogens is 2. The summed E-state index contributed by atoms with van der Waals surface area (Å²) in [5.41, 5.74) is 6.99.